The molecule has 0 amide bonds. The molecule has 0 radical (unpaired) electrons. The fourth-order valence-corrected chi connectivity index (χ4v) is 2.43. The van der Waals surface area contributed by atoms with Crippen molar-refractivity contribution in [1.29, 1.82) is 0 Å². The van der Waals surface area contributed by atoms with E-state index in [-0.39, 0.29) is 0 Å². The molecule has 1 fully saturated rings. The topological polar surface area (TPSA) is 12.0 Å². The van der Waals surface area contributed by atoms with Crippen LogP contribution in [-0.4, -0.2) is 12.6 Å². The first-order valence-electron chi connectivity index (χ1n) is 6.77. The van der Waals surface area contributed by atoms with Crippen LogP contribution >= 0.6 is 11.6 Å². The molecule has 0 heterocycles. The molecule has 94 valence electrons. The van der Waals surface area contributed by atoms with Crippen molar-refractivity contribution in [2.45, 2.75) is 45.1 Å². The van der Waals surface area contributed by atoms with Crippen molar-refractivity contribution in [3.63, 3.8) is 0 Å². The van der Waals surface area contributed by atoms with Crippen LogP contribution in [0.15, 0.2) is 24.3 Å². The third-order valence-corrected chi connectivity index (χ3v) is 3.76. The molecule has 1 unspecified atom stereocenters. The van der Waals surface area contributed by atoms with Crippen molar-refractivity contribution in [2.75, 3.05) is 6.54 Å². The first-order valence-corrected chi connectivity index (χ1v) is 7.15. The fourth-order valence-electron chi connectivity index (χ4n) is 2.31. The molecule has 1 aromatic rings. The molecule has 0 saturated heterocycles. The zero-order chi connectivity index (χ0) is 12.1. The highest BCUT2D eigenvalue weighted by molar-refractivity contribution is 6.30. The fraction of sp³-hybridized carbons (Fsp3) is 0.600. The van der Waals surface area contributed by atoms with Crippen molar-refractivity contribution in [1.82, 2.24) is 5.32 Å². The smallest absolute Gasteiger partial charge is 0.0406 e. The average molecular weight is 252 g/mol. The summed E-state index contributed by atoms with van der Waals surface area (Å²) in [6.45, 7) is 3.39. The maximum Gasteiger partial charge on any atom is 0.0406 e. The Labute approximate surface area is 110 Å². The quantitative estimate of drug-likeness (QED) is 0.771. The van der Waals surface area contributed by atoms with Gasteiger partial charge in [0.05, 0.1) is 0 Å². The van der Waals surface area contributed by atoms with Gasteiger partial charge in [-0.1, -0.05) is 30.7 Å². The lowest BCUT2D eigenvalue weighted by molar-refractivity contribution is 0.436. The number of rotatable bonds is 7. The maximum absolute atomic E-state index is 5.89. The summed E-state index contributed by atoms with van der Waals surface area (Å²) in [5.41, 5.74) is 1.40. The molecule has 0 aromatic heterocycles. The minimum Gasteiger partial charge on any atom is -0.314 e. The molecule has 2 rings (SSSR count). The van der Waals surface area contributed by atoms with Gasteiger partial charge in [-0.05, 0) is 62.3 Å². The summed E-state index contributed by atoms with van der Waals surface area (Å²) < 4.78 is 0. The van der Waals surface area contributed by atoms with Gasteiger partial charge >= 0.3 is 0 Å². The average Bonchev–Trinajstić information content (AvgIpc) is 3.16. The molecule has 1 atom stereocenters. The zero-order valence-corrected chi connectivity index (χ0v) is 11.3. The van der Waals surface area contributed by atoms with E-state index >= 15 is 0 Å². The highest BCUT2D eigenvalue weighted by Crippen LogP contribution is 2.34. The second-order valence-corrected chi connectivity index (χ2v) is 5.50. The summed E-state index contributed by atoms with van der Waals surface area (Å²) in [6.07, 6.45) is 6.48. The van der Waals surface area contributed by atoms with Crippen LogP contribution < -0.4 is 5.32 Å². The number of benzene rings is 1. The lowest BCUT2D eigenvalue weighted by Gasteiger charge is -2.17. The first kappa shape index (κ1) is 12.9. The Hall–Kier alpha value is -0.530. The van der Waals surface area contributed by atoms with Crippen LogP contribution in [0.5, 0.6) is 0 Å². The van der Waals surface area contributed by atoms with E-state index in [0.717, 1.165) is 29.9 Å². The Kier molecular flexibility index (Phi) is 4.87. The Morgan fingerprint density at radius 2 is 2.00 bits per heavy atom. The van der Waals surface area contributed by atoms with Gasteiger partial charge in [0.25, 0.3) is 0 Å². The lowest BCUT2D eigenvalue weighted by atomic mass is 10.0. The van der Waals surface area contributed by atoms with Crippen LogP contribution in [-0.2, 0) is 6.42 Å². The summed E-state index contributed by atoms with van der Waals surface area (Å²) in [5.74, 6) is 0.939. The van der Waals surface area contributed by atoms with Gasteiger partial charge < -0.3 is 5.32 Å². The van der Waals surface area contributed by atoms with Crippen LogP contribution in [0.25, 0.3) is 0 Å². The summed E-state index contributed by atoms with van der Waals surface area (Å²) in [7, 11) is 0. The molecule has 1 aliphatic carbocycles. The van der Waals surface area contributed by atoms with Gasteiger partial charge in [0, 0.05) is 11.1 Å². The largest absolute Gasteiger partial charge is 0.314 e. The van der Waals surface area contributed by atoms with Gasteiger partial charge in [0.2, 0.25) is 0 Å². The van der Waals surface area contributed by atoms with E-state index < -0.39 is 0 Å². The standard InChI is InChI=1S/C15H22ClN/c1-2-11-17-15(13-6-7-13)10-5-12-3-8-14(16)9-4-12/h3-4,8-9,13,15,17H,2,5-7,10-11H2,1H3. The van der Waals surface area contributed by atoms with E-state index in [1.54, 1.807) is 0 Å². The summed E-state index contributed by atoms with van der Waals surface area (Å²) in [6, 6.07) is 8.99. The lowest BCUT2D eigenvalue weighted by Crippen LogP contribution is -2.32. The van der Waals surface area contributed by atoms with Crippen molar-refractivity contribution >= 4 is 11.6 Å². The Morgan fingerprint density at radius 3 is 2.59 bits per heavy atom. The monoisotopic (exact) mass is 251 g/mol. The van der Waals surface area contributed by atoms with E-state index in [2.05, 4.69) is 24.4 Å². The van der Waals surface area contributed by atoms with Crippen molar-refractivity contribution in [3.8, 4) is 0 Å². The van der Waals surface area contributed by atoms with E-state index in [9.17, 15) is 0 Å². The van der Waals surface area contributed by atoms with Crippen LogP contribution in [0.2, 0.25) is 5.02 Å². The number of nitrogens with one attached hydrogen (secondary N) is 1. The van der Waals surface area contributed by atoms with E-state index in [4.69, 9.17) is 11.6 Å². The molecule has 0 bridgehead atoms. The number of hydrogen-bond donors (Lipinski definition) is 1. The van der Waals surface area contributed by atoms with Crippen LogP contribution in [0.3, 0.4) is 0 Å². The molecule has 0 aliphatic heterocycles. The third kappa shape index (κ3) is 4.33. The van der Waals surface area contributed by atoms with Crippen LogP contribution in [0, 0.1) is 5.92 Å². The predicted octanol–water partition coefficient (Wildman–Crippen LogP) is 4.05. The molecular formula is C15H22ClN. The predicted molar refractivity (Wildman–Crippen MR) is 74.6 cm³/mol. The molecule has 0 spiro atoms. The summed E-state index contributed by atoms with van der Waals surface area (Å²) >= 11 is 5.89. The summed E-state index contributed by atoms with van der Waals surface area (Å²) in [4.78, 5) is 0. The number of hydrogen-bond acceptors (Lipinski definition) is 1. The zero-order valence-electron chi connectivity index (χ0n) is 10.6. The van der Waals surface area contributed by atoms with Gasteiger partial charge in [0.15, 0.2) is 0 Å². The molecule has 17 heavy (non-hydrogen) atoms. The number of aryl methyl sites for hydroxylation is 1. The van der Waals surface area contributed by atoms with Crippen LogP contribution in [0.1, 0.15) is 38.2 Å². The molecule has 1 saturated carbocycles. The Balaban J connectivity index is 1.80. The van der Waals surface area contributed by atoms with Gasteiger partial charge in [-0.15, -0.1) is 0 Å². The second-order valence-electron chi connectivity index (χ2n) is 5.06. The van der Waals surface area contributed by atoms with Crippen molar-refractivity contribution in [3.05, 3.63) is 34.9 Å². The van der Waals surface area contributed by atoms with E-state index in [1.807, 2.05) is 12.1 Å². The van der Waals surface area contributed by atoms with Gasteiger partial charge in [0.1, 0.15) is 0 Å². The minimum absolute atomic E-state index is 0.727. The van der Waals surface area contributed by atoms with Crippen LogP contribution in [0.4, 0.5) is 0 Å². The molecular weight excluding hydrogens is 230 g/mol. The highest BCUT2D eigenvalue weighted by atomic mass is 35.5. The normalized spacial score (nSPS) is 17.1. The number of halogens is 1. The maximum atomic E-state index is 5.89. The molecule has 1 aromatic carbocycles. The van der Waals surface area contributed by atoms with Crippen molar-refractivity contribution in [2.24, 2.45) is 5.92 Å². The molecule has 1 nitrogen and oxygen atoms in total. The second kappa shape index (κ2) is 6.42. The highest BCUT2D eigenvalue weighted by Gasteiger charge is 2.30. The minimum atomic E-state index is 0.727. The van der Waals surface area contributed by atoms with Crippen molar-refractivity contribution < 1.29 is 0 Å². The summed E-state index contributed by atoms with van der Waals surface area (Å²) in [5, 5.41) is 4.52. The van der Waals surface area contributed by atoms with Gasteiger partial charge in [-0.25, -0.2) is 0 Å². The van der Waals surface area contributed by atoms with Gasteiger partial charge in [-0.2, -0.15) is 0 Å². The Bertz CT molecular complexity index is 329. The van der Waals surface area contributed by atoms with Gasteiger partial charge in [-0.3, -0.25) is 0 Å². The molecule has 2 heteroatoms. The first-order chi connectivity index (χ1) is 8.29. The van der Waals surface area contributed by atoms with E-state index in [1.165, 1.54) is 31.2 Å². The molecule has 1 aliphatic rings. The third-order valence-electron chi connectivity index (χ3n) is 3.50. The van der Waals surface area contributed by atoms with E-state index in [0.29, 0.717) is 0 Å². The molecule has 1 N–H and O–H groups in total. The Morgan fingerprint density at radius 1 is 1.29 bits per heavy atom. The SMILES string of the molecule is CCCNC(CCc1ccc(Cl)cc1)C1CC1.